The molecule has 0 aliphatic carbocycles. The summed E-state index contributed by atoms with van der Waals surface area (Å²) in [5, 5.41) is 10.7. The molecule has 0 saturated carbocycles. The minimum absolute atomic E-state index is 0.195. The Morgan fingerprint density at radius 1 is 1.57 bits per heavy atom. The molecule has 0 aliphatic rings. The van der Waals surface area contributed by atoms with Gasteiger partial charge in [0.05, 0.1) is 4.92 Å². The van der Waals surface area contributed by atoms with Crippen molar-refractivity contribution >= 4 is 21.6 Å². The van der Waals surface area contributed by atoms with Gasteiger partial charge in [-0.15, -0.1) is 0 Å². The molecule has 0 aromatic heterocycles. The lowest BCUT2D eigenvalue weighted by atomic mass is 10.1. The molecule has 1 aromatic rings. The Kier molecular flexibility index (Phi) is 3.63. The Bertz CT molecular complexity index is 352. The van der Waals surface area contributed by atoms with Gasteiger partial charge in [0.2, 0.25) is 0 Å². The first-order valence-electron chi connectivity index (χ1n) is 4.45. The van der Waals surface area contributed by atoms with Gasteiger partial charge >= 0.3 is 0 Å². The molecular formula is C10H12BrNO2. The summed E-state index contributed by atoms with van der Waals surface area (Å²) in [4.78, 5) is 10.5. The first kappa shape index (κ1) is 11.2. The van der Waals surface area contributed by atoms with Crippen molar-refractivity contribution in [3.63, 3.8) is 0 Å². The number of rotatable bonds is 3. The van der Waals surface area contributed by atoms with Gasteiger partial charge in [-0.05, 0) is 18.9 Å². The lowest BCUT2D eigenvalue weighted by Crippen LogP contribution is -1.95. The Balaban J connectivity index is 3.12. The first-order chi connectivity index (χ1) is 6.56. The third kappa shape index (κ3) is 2.32. The maximum Gasteiger partial charge on any atom is 0.272 e. The van der Waals surface area contributed by atoms with Crippen molar-refractivity contribution in [3.05, 3.63) is 39.4 Å². The van der Waals surface area contributed by atoms with Crippen LogP contribution in [0.3, 0.4) is 0 Å². The molecule has 0 radical (unpaired) electrons. The number of alkyl halides is 1. The molecule has 0 N–H and O–H groups in total. The number of nitro groups is 1. The molecule has 0 amide bonds. The molecule has 76 valence electrons. The molecule has 3 nitrogen and oxygen atoms in total. The highest BCUT2D eigenvalue weighted by Crippen LogP contribution is 2.30. The Labute approximate surface area is 91.4 Å². The Morgan fingerprint density at radius 2 is 2.21 bits per heavy atom. The predicted molar refractivity (Wildman–Crippen MR) is 59.8 cm³/mol. The number of hydrogen-bond acceptors (Lipinski definition) is 2. The van der Waals surface area contributed by atoms with E-state index in [0.29, 0.717) is 5.56 Å². The fourth-order valence-corrected chi connectivity index (χ4v) is 1.54. The van der Waals surface area contributed by atoms with Crippen LogP contribution in [-0.4, -0.2) is 4.92 Å². The fourth-order valence-electron chi connectivity index (χ4n) is 1.25. The highest BCUT2D eigenvalue weighted by Gasteiger charge is 2.13. The first-order valence-corrected chi connectivity index (χ1v) is 5.36. The van der Waals surface area contributed by atoms with Crippen LogP contribution in [0, 0.1) is 17.0 Å². The van der Waals surface area contributed by atoms with Gasteiger partial charge in [0.25, 0.3) is 5.69 Å². The van der Waals surface area contributed by atoms with E-state index in [-0.39, 0.29) is 15.4 Å². The Morgan fingerprint density at radius 3 is 2.71 bits per heavy atom. The van der Waals surface area contributed by atoms with E-state index in [1.165, 1.54) is 0 Å². The van der Waals surface area contributed by atoms with Gasteiger partial charge in [0.1, 0.15) is 0 Å². The molecular weight excluding hydrogens is 246 g/mol. The highest BCUT2D eigenvalue weighted by atomic mass is 79.9. The van der Waals surface area contributed by atoms with E-state index in [9.17, 15) is 10.1 Å². The molecule has 0 fully saturated rings. The standard InChI is InChI=1S/C10H12BrNO2/c1-3-9(11)8-5-4-7(2)10(6-8)12(13)14/h4-6,9H,3H2,1-2H3. The van der Waals surface area contributed by atoms with E-state index in [1.54, 1.807) is 19.1 Å². The second-order valence-electron chi connectivity index (χ2n) is 3.18. The minimum atomic E-state index is -0.339. The van der Waals surface area contributed by atoms with Crippen molar-refractivity contribution in [1.29, 1.82) is 0 Å². The molecule has 0 bridgehead atoms. The number of hydrogen-bond donors (Lipinski definition) is 0. The Hall–Kier alpha value is -0.900. The van der Waals surface area contributed by atoms with E-state index in [2.05, 4.69) is 15.9 Å². The van der Waals surface area contributed by atoms with Crippen LogP contribution in [0.15, 0.2) is 18.2 Å². The maximum absolute atomic E-state index is 10.7. The maximum atomic E-state index is 10.7. The zero-order valence-electron chi connectivity index (χ0n) is 8.16. The van der Waals surface area contributed by atoms with Crippen molar-refractivity contribution in [2.24, 2.45) is 0 Å². The summed E-state index contributed by atoms with van der Waals surface area (Å²) in [5.41, 5.74) is 1.86. The van der Waals surface area contributed by atoms with Crippen LogP contribution in [0.5, 0.6) is 0 Å². The number of aryl methyl sites for hydroxylation is 1. The van der Waals surface area contributed by atoms with E-state index in [4.69, 9.17) is 0 Å². The summed E-state index contributed by atoms with van der Waals surface area (Å²) in [6.07, 6.45) is 0.917. The second-order valence-corrected chi connectivity index (χ2v) is 4.28. The summed E-state index contributed by atoms with van der Waals surface area (Å²) in [7, 11) is 0. The summed E-state index contributed by atoms with van der Waals surface area (Å²) >= 11 is 3.47. The molecule has 0 spiro atoms. The van der Waals surface area contributed by atoms with Crippen LogP contribution in [0.2, 0.25) is 0 Å². The van der Waals surface area contributed by atoms with Crippen LogP contribution < -0.4 is 0 Å². The molecule has 1 rings (SSSR count). The number of benzene rings is 1. The van der Waals surface area contributed by atoms with Gasteiger partial charge < -0.3 is 0 Å². The topological polar surface area (TPSA) is 43.1 Å². The lowest BCUT2D eigenvalue weighted by Gasteiger charge is -2.07. The van der Waals surface area contributed by atoms with Gasteiger partial charge in [0.15, 0.2) is 0 Å². The number of nitrogens with zero attached hydrogens (tertiary/aromatic N) is 1. The lowest BCUT2D eigenvalue weighted by molar-refractivity contribution is -0.385. The van der Waals surface area contributed by atoms with Crippen LogP contribution in [0.25, 0.3) is 0 Å². The van der Waals surface area contributed by atoms with E-state index in [1.807, 2.05) is 13.0 Å². The SMILES string of the molecule is CCC(Br)c1ccc(C)c([N+](=O)[O-])c1. The van der Waals surface area contributed by atoms with Gasteiger partial charge in [-0.1, -0.05) is 35.0 Å². The monoisotopic (exact) mass is 257 g/mol. The third-order valence-corrected chi connectivity index (χ3v) is 3.33. The van der Waals surface area contributed by atoms with Crippen LogP contribution >= 0.6 is 15.9 Å². The number of halogens is 1. The average molecular weight is 258 g/mol. The van der Waals surface area contributed by atoms with Gasteiger partial charge in [-0.25, -0.2) is 0 Å². The summed E-state index contributed by atoms with van der Waals surface area (Å²) in [6, 6.07) is 5.35. The average Bonchev–Trinajstić information content (AvgIpc) is 2.17. The quantitative estimate of drug-likeness (QED) is 0.470. The summed E-state index contributed by atoms with van der Waals surface area (Å²) in [5.74, 6) is 0. The van der Waals surface area contributed by atoms with E-state index >= 15 is 0 Å². The summed E-state index contributed by atoms with van der Waals surface area (Å²) in [6.45, 7) is 3.78. The minimum Gasteiger partial charge on any atom is -0.258 e. The van der Waals surface area contributed by atoms with Crippen molar-refractivity contribution in [2.45, 2.75) is 25.1 Å². The molecule has 1 aromatic carbocycles. The van der Waals surface area contributed by atoms with Crippen molar-refractivity contribution < 1.29 is 4.92 Å². The van der Waals surface area contributed by atoms with Crippen LogP contribution in [0.1, 0.15) is 29.3 Å². The third-order valence-electron chi connectivity index (χ3n) is 2.15. The van der Waals surface area contributed by atoms with Gasteiger partial charge in [-0.3, -0.25) is 10.1 Å². The molecule has 1 atom stereocenters. The van der Waals surface area contributed by atoms with Crippen molar-refractivity contribution in [1.82, 2.24) is 0 Å². The largest absolute Gasteiger partial charge is 0.272 e. The normalized spacial score (nSPS) is 12.5. The predicted octanol–water partition coefficient (Wildman–Crippen LogP) is 3.75. The van der Waals surface area contributed by atoms with E-state index in [0.717, 1.165) is 12.0 Å². The molecule has 0 saturated heterocycles. The molecule has 0 heterocycles. The second kappa shape index (κ2) is 4.55. The van der Waals surface area contributed by atoms with Crippen LogP contribution in [-0.2, 0) is 0 Å². The van der Waals surface area contributed by atoms with Gasteiger partial charge in [-0.2, -0.15) is 0 Å². The smallest absolute Gasteiger partial charge is 0.258 e. The fraction of sp³-hybridized carbons (Fsp3) is 0.400. The van der Waals surface area contributed by atoms with Crippen LogP contribution in [0.4, 0.5) is 5.69 Å². The van der Waals surface area contributed by atoms with Crippen molar-refractivity contribution in [3.8, 4) is 0 Å². The number of nitro benzene ring substituents is 1. The molecule has 14 heavy (non-hydrogen) atoms. The molecule has 1 unspecified atom stereocenters. The van der Waals surface area contributed by atoms with Crippen molar-refractivity contribution in [2.75, 3.05) is 0 Å². The highest BCUT2D eigenvalue weighted by molar-refractivity contribution is 9.09. The molecule has 4 heteroatoms. The zero-order valence-corrected chi connectivity index (χ0v) is 9.74. The van der Waals surface area contributed by atoms with E-state index < -0.39 is 0 Å². The zero-order chi connectivity index (χ0) is 10.7. The summed E-state index contributed by atoms with van der Waals surface area (Å²) < 4.78 is 0. The van der Waals surface area contributed by atoms with Gasteiger partial charge in [0, 0.05) is 16.5 Å². The molecule has 0 aliphatic heterocycles.